The van der Waals surface area contributed by atoms with Crippen LogP contribution < -0.4 is 0 Å². The van der Waals surface area contributed by atoms with Gasteiger partial charge < -0.3 is 0 Å². The molecule has 0 bridgehead atoms. The van der Waals surface area contributed by atoms with Gasteiger partial charge in [-0.3, -0.25) is 0 Å². The molecule has 0 nitrogen and oxygen atoms in total. The van der Waals surface area contributed by atoms with Gasteiger partial charge in [-0.15, -0.1) is 0 Å². The molecule has 0 rings (SSSR count). The first kappa shape index (κ1) is 15.3. The van der Waals surface area contributed by atoms with Gasteiger partial charge in [0, 0.05) is 5.75 Å². The van der Waals surface area contributed by atoms with Crippen molar-refractivity contribution in [3.63, 3.8) is 0 Å². The highest BCUT2D eigenvalue weighted by molar-refractivity contribution is 8.01. The lowest BCUT2D eigenvalue weighted by molar-refractivity contribution is 0.635. The Labute approximate surface area is 102 Å². The van der Waals surface area contributed by atoms with E-state index in [1.165, 1.54) is 70.0 Å². The second-order valence-electron chi connectivity index (χ2n) is 4.30. The van der Waals surface area contributed by atoms with Crippen molar-refractivity contribution in [1.82, 2.24) is 0 Å². The molecule has 0 saturated carbocycles. The van der Waals surface area contributed by atoms with Crippen molar-refractivity contribution in [2.75, 3.05) is 5.75 Å². The van der Waals surface area contributed by atoms with Crippen LogP contribution in [-0.4, -0.2) is 5.75 Å². The quantitative estimate of drug-likeness (QED) is 0.380. The van der Waals surface area contributed by atoms with Crippen molar-refractivity contribution >= 4 is 11.8 Å². The Morgan fingerprint density at radius 1 is 0.733 bits per heavy atom. The van der Waals surface area contributed by atoms with E-state index < -0.39 is 0 Å². The van der Waals surface area contributed by atoms with Crippen molar-refractivity contribution in [2.45, 2.75) is 78.1 Å². The highest BCUT2D eigenvalue weighted by Crippen LogP contribution is 2.15. The number of hydrogen-bond acceptors (Lipinski definition) is 1. The average molecular weight is 229 g/mol. The molecule has 0 spiro atoms. The first-order valence-electron chi connectivity index (χ1n) is 6.85. The number of unbranched alkanes of at least 4 members (excludes halogenated alkanes) is 8. The number of thioether (sulfide) groups is 1. The summed E-state index contributed by atoms with van der Waals surface area (Å²) in [5.41, 5.74) is 0. The van der Waals surface area contributed by atoms with Crippen molar-refractivity contribution in [3.8, 4) is 0 Å². The molecule has 1 heteroatoms. The van der Waals surface area contributed by atoms with Gasteiger partial charge in [0.25, 0.3) is 0 Å². The molecule has 0 aliphatic heterocycles. The SMILES string of the molecule is CCCCCCC[CH]SCCCCCC. The van der Waals surface area contributed by atoms with Gasteiger partial charge in [-0.2, -0.15) is 11.8 Å². The van der Waals surface area contributed by atoms with Crippen molar-refractivity contribution in [2.24, 2.45) is 0 Å². The molecule has 0 N–H and O–H groups in total. The molecule has 0 aromatic rings. The molecule has 0 saturated heterocycles. The van der Waals surface area contributed by atoms with Gasteiger partial charge in [-0.1, -0.05) is 65.2 Å². The Kier molecular flexibility index (Phi) is 14.7. The third-order valence-corrected chi connectivity index (χ3v) is 3.65. The standard InChI is InChI=1S/C14H29S/c1-3-5-7-9-10-12-14-15-13-11-8-6-4-2/h14H,3-13H2,1-2H3. The molecule has 91 valence electrons. The fourth-order valence-corrected chi connectivity index (χ4v) is 2.48. The van der Waals surface area contributed by atoms with Crippen LogP contribution in [-0.2, 0) is 0 Å². The molecule has 0 unspecified atom stereocenters. The summed E-state index contributed by atoms with van der Waals surface area (Å²) in [4.78, 5) is 0. The van der Waals surface area contributed by atoms with Gasteiger partial charge in [-0.05, 0) is 18.6 Å². The normalized spacial score (nSPS) is 10.8. The average Bonchev–Trinajstić information content (AvgIpc) is 2.26. The summed E-state index contributed by atoms with van der Waals surface area (Å²) >= 11 is 2.04. The minimum Gasteiger partial charge on any atom is -0.157 e. The van der Waals surface area contributed by atoms with Gasteiger partial charge in [0.05, 0.1) is 0 Å². The molecule has 0 fully saturated rings. The van der Waals surface area contributed by atoms with Crippen LogP contribution in [0.4, 0.5) is 0 Å². The highest BCUT2D eigenvalue weighted by Gasteiger charge is 1.92. The topological polar surface area (TPSA) is 0 Å². The lowest BCUT2D eigenvalue weighted by Crippen LogP contribution is -1.82. The van der Waals surface area contributed by atoms with Gasteiger partial charge in [-0.25, -0.2) is 0 Å². The zero-order chi connectivity index (χ0) is 11.2. The summed E-state index contributed by atoms with van der Waals surface area (Å²) in [5.74, 6) is 3.77. The van der Waals surface area contributed by atoms with E-state index in [0.717, 1.165) is 0 Å². The van der Waals surface area contributed by atoms with Crippen LogP contribution in [0.3, 0.4) is 0 Å². The zero-order valence-electron chi connectivity index (χ0n) is 10.8. The third-order valence-electron chi connectivity index (χ3n) is 2.66. The van der Waals surface area contributed by atoms with Crippen LogP contribution in [0.1, 0.15) is 78.1 Å². The largest absolute Gasteiger partial charge is 0.157 e. The lowest BCUT2D eigenvalue weighted by atomic mass is 10.1. The first-order chi connectivity index (χ1) is 7.41. The second kappa shape index (κ2) is 14.3. The van der Waals surface area contributed by atoms with E-state index in [4.69, 9.17) is 0 Å². The fourth-order valence-electron chi connectivity index (χ4n) is 1.61. The van der Waals surface area contributed by atoms with E-state index in [0.29, 0.717) is 0 Å². The molecule has 0 atom stereocenters. The predicted molar refractivity (Wildman–Crippen MR) is 74.3 cm³/mol. The molecule has 15 heavy (non-hydrogen) atoms. The molecule has 0 heterocycles. The van der Waals surface area contributed by atoms with Crippen LogP contribution in [0.15, 0.2) is 0 Å². The first-order valence-corrected chi connectivity index (χ1v) is 7.90. The van der Waals surface area contributed by atoms with Gasteiger partial charge >= 0.3 is 0 Å². The second-order valence-corrected chi connectivity index (χ2v) is 5.38. The third kappa shape index (κ3) is 14.4. The Bertz CT molecular complexity index is 89.5. The maximum absolute atomic E-state index is 2.43. The molecule has 0 aromatic heterocycles. The minimum atomic E-state index is 1.32. The molecule has 0 aliphatic rings. The summed E-state index contributed by atoms with van der Waals surface area (Å²) in [6.07, 6.45) is 14.0. The molecule has 0 amide bonds. The Balaban J connectivity index is 2.81. The summed E-state index contributed by atoms with van der Waals surface area (Å²) < 4.78 is 0. The van der Waals surface area contributed by atoms with Crippen LogP contribution in [0.25, 0.3) is 0 Å². The van der Waals surface area contributed by atoms with E-state index in [9.17, 15) is 0 Å². The van der Waals surface area contributed by atoms with Crippen molar-refractivity contribution in [1.29, 1.82) is 0 Å². The molecular weight excluding hydrogens is 200 g/mol. The van der Waals surface area contributed by atoms with Gasteiger partial charge in [0.2, 0.25) is 0 Å². The summed E-state index contributed by atoms with van der Waals surface area (Å²) in [7, 11) is 0. The highest BCUT2D eigenvalue weighted by atomic mass is 32.2. The monoisotopic (exact) mass is 229 g/mol. The summed E-state index contributed by atoms with van der Waals surface area (Å²) in [6, 6.07) is 0. The molecule has 0 aromatic carbocycles. The van der Waals surface area contributed by atoms with Crippen LogP contribution in [0.2, 0.25) is 0 Å². The number of rotatable bonds is 12. The van der Waals surface area contributed by atoms with E-state index in [1.54, 1.807) is 0 Å². The summed E-state index contributed by atoms with van der Waals surface area (Å²) in [5, 5.41) is 0. The van der Waals surface area contributed by atoms with E-state index in [1.807, 2.05) is 11.8 Å². The van der Waals surface area contributed by atoms with Crippen LogP contribution in [0, 0.1) is 5.75 Å². The Morgan fingerprint density at radius 3 is 2.00 bits per heavy atom. The van der Waals surface area contributed by atoms with Gasteiger partial charge in [0.15, 0.2) is 0 Å². The molecule has 1 radical (unpaired) electrons. The van der Waals surface area contributed by atoms with Crippen LogP contribution in [0.5, 0.6) is 0 Å². The zero-order valence-corrected chi connectivity index (χ0v) is 11.6. The van der Waals surface area contributed by atoms with Crippen molar-refractivity contribution < 1.29 is 0 Å². The molecular formula is C14H29S. The van der Waals surface area contributed by atoms with Crippen molar-refractivity contribution in [3.05, 3.63) is 5.75 Å². The Morgan fingerprint density at radius 2 is 1.33 bits per heavy atom. The minimum absolute atomic E-state index is 1.32. The van der Waals surface area contributed by atoms with Gasteiger partial charge in [0.1, 0.15) is 0 Å². The smallest absolute Gasteiger partial charge is 0.0166 e. The molecule has 0 aliphatic carbocycles. The number of hydrogen-bond donors (Lipinski definition) is 0. The fraction of sp³-hybridized carbons (Fsp3) is 0.929. The summed E-state index contributed by atoms with van der Waals surface area (Å²) in [6.45, 7) is 4.55. The van der Waals surface area contributed by atoms with E-state index in [2.05, 4.69) is 19.6 Å². The Hall–Kier alpha value is 0.350. The van der Waals surface area contributed by atoms with E-state index in [-0.39, 0.29) is 0 Å². The lowest BCUT2D eigenvalue weighted by Gasteiger charge is -2.01. The maximum Gasteiger partial charge on any atom is 0.0166 e. The maximum atomic E-state index is 2.43. The van der Waals surface area contributed by atoms with E-state index >= 15 is 0 Å². The van der Waals surface area contributed by atoms with Crippen LogP contribution >= 0.6 is 11.8 Å². The predicted octanol–water partition coefficient (Wildman–Crippen LogP) is 5.82.